The number of hydrogen-bond acceptors (Lipinski definition) is 7. The van der Waals surface area contributed by atoms with E-state index < -0.39 is 17.9 Å². The predicted molar refractivity (Wildman–Crippen MR) is 173 cm³/mol. The van der Waals surface area contributed by atoms with Crippen molar-refractivity contribution < 1.29 is 28.2 Å². The first kappa shape index (κ1) is 31.7. The van der Waals surface area contributed by atoms with Gasteiger partial charge >= 0.3 is 11.9 Å². The Morgan fingerprint density at radius 3 is 2.02 bits per heavy atom. The number of allylic oxidation sites excluding steroid dienone is 2. The minimum absolute atomic E-state index is 0.00318. The normalized spacial score (nSPS) is 13.2. The molecule has 0 bridgehead atoms. The van der Waals surface area contributed by atoms with Crippen molar-refractivity contribution in [2.75, 3.05) is 13.2 Å². The number of carbonyl (C=O) groups excluding carboxylic acids is 2. The number of halogens is 1. The molecule has 1 N–H and O–H groups in total. The van der Waals surface area contributed by atoms with Crippen LogP contribution in [-0.4, -0.2) is 34.9 Å². The Morgan fingerprint density at radius 2 is 1.46 bits per heavy atom. The highest BCUT2D eigenvalue weighted by Crippen LogP contribution is 2.43. The second kappa shape index (κ2) is 14.4. The number of benzene rings is 3. The number of aromatic nitrogens is 2. The zero-order chi connectivity index (χ0) is 32.6. The topological polar surface area (TPSA) is 91.7 Å². The maximum Gasteiger partial charge on any atom is 0.337 e. The summed E-state index contributed by atoms with van der Waals surface area (Å²) in [6.45, 7) is 11.1. The van der Waals surface area contributed by atoms with Gasteiger partial charge in [0, 0.05) is 28.7 Å². The number of dihydropyridines is 1. The van der Waals surface area contributed by atoms with Gasteiger partial charge in [-0.2, -0.15) is 5.10 Å². The number of para-hydroxylation sites is 1. The molecular weight excluding hydrogens is 585 g/mol. The van der Waals surface area contributed by atoms with Crippen LogP contribution >= 0.6 is 0 Å². The van der Waals surface area contributed by atoms with E-state index in [4.69, 9.17) is 19.3 Å². The summed E-state index contributed by atoms with van der Waals surface area (Å²) in [4.78, 5) is 27.2. The lowest BCUT2D eigenvalue weighted by Gasteiger charge is -2.30. The van der Waals surface area contributed by atoms with Crippen molar-refractivity contribution in [1.82, 2.24) is 15.1 Å². The van der Waals surface area contributed by atoms with Crippen molar-refractivity contribution in [3.05, 3.63) is 150 Å². The lowest BCUT2D eigenvalue weighted by molar-refractivity contribution is -0.138. The first-order chi connectivity index (χ1) is 22.3. The van der Waals surface area contributed by atoms with Crippen LogP contribution < -0.4 is 10.1 Å². The summed E-state index contributed by atoms with van der Waals surface area (Å²) in [6.07, 6.45) is 4.79. The van der Waals surface area contributed by atoms with Crippen LogP contribution in [0.1, 0.15) is 30.9 Å². The van der Waals surface area contributed by atoms with Crippen LogP contribution in [0.25, 0.3) is 16.9 Å². The third-order valence-corrected chi connectivity index (χ3v) is 7.39. The monoisotopic (exact) mass is 619 g/mol. The maximum atomic E-state index is 13.6. The Morgan fingerprint density at radius 1 is 0.870 bits per heavy atom. The van der Waals surface area contributed by atoms with E-state index in [-0.39, 0.29) is 36.8 Å². The molecule has 0 fully saturated rings. The van der Waals surface area contributed by atoms with Crippen LogP contribution in [0.15, 0.2) is 133 Å². The van der Waals surface area contributed by atoms with Gasteiger partial charge in [0.25, 0.3) is 0 Å². The van der Waals surface area contributed by atoms with Gasteiger partial charge in [-0.25, -0.2) is 18.7 Å². The lowest BCUT2D eigenvalue weighted by Crippen LogP contribution is -2.32. The highest BCUT2D eigenvalue weighted by Gasteiger charge is 2.40. The van der Waals surface area contributed by atoms with E-state index in [2.05, 4.69) is 18.5 Å². The van der Waals surface area contributed by atoms with Gasteiger partial charge < -0.3 is 19.5 Å². The summed E-state index contributed by atoms with van der Waals surface area (Å²) in [5.74, 6) is -1.78. The molecule has 0 aliphatic carbocycles. The average molecular weight is 620 g/mol. The molecule has 9 heteroatoms. The van der Waals surface area contributed by atoms with Gasteiger partial charge in [0.2, 0.25) is 0 Å². The third kappa shape index (κ3) is 6.99. The summed E-state index contributed by atoms with van der Waals surface area (Å²) in [6, 6.07) is 23.0. The summed E-state index contributed by atoms with van der Waals surface area (Å²) < 4.78 is 32.0. The molecular formula is C37H34FN3O5. The van der Waals surface area contributed by atoms with Crippen LogP contribution in [0, 0.1) is 5.82 Å². The Hall–Kier alpha value is -5.70. The van der Waals surface area contributed by atoms with Gasteiger partial charge in [0.05, 0.1) is 28.4 Å². The Bertz CT molecular complexity index is 1760. The molecule has 0 spiro atoms. The van der Waals surface area contributed by atoms with Crippen LogP contribution in [-0.2, 0) is 25.7 Å². The van der Waals surface area contributed by atoms with Gasteiger partial charge in [-0.15, -0.1) is 0 Å². The summed E-state index contributed by atoms with van der Waals surface area (Å²) in [5.41, 5.74) is 5.08. The van der Waals surface area contributed by atoms with Gasteiger partial charge in [-0.3, -0.25) is 0 Å². The molecule has 0 unspecified atom stereocenters. The molecule has 0 radical (unpaired) electrons. The Kier molecular flexibility index (Phi) is 9.92. The van der Waals surface area contributed by atoms with Gasteiger partial charge in [-0.05, 0) is 67.9 Å². The van der Waals surface area contributed by atoms with Crippen molar-refractivity contribution >= 4 is 11.9 Å². The molecule has 234 valence electrons. The zero-order valence-corrected chi connectivity index (χ0v) is 25.7. The molecule has 0 saturated heterocycles. The largest absolute Gasteiger partial charge is 0.489 e. The molecule has 1 aliphatic rings. The highest BCUT2D eigenvalue weighted by atomic mass is 19.1. The molecule has 46 heavy (non-hydrogen) atoms. The molecule has 1 aliphatic heterocycles. The van der Waals surface area contributed by atoms with E-state index in [0.717, 1.165) is 16.8 Å². The van der Waals surface area contributed by atoms with Gasteiger partial charge in [-0.1, -0.05) is 55.6 Å². The maximum absolute atomic E-state index is 13.6. The van der Waals surface area contributed by atoms with Crippen LogP contribution in [0.5, 0.6) is 5.75 Å². The number of rotatable bonds is 12. The van der Waals surface area contributed by atoms with Crippen molar-refractivity contribution in [2.45, 2.75) is 26.4 Å². The number of esters is 2. The molecule has 2 heterocycles. The molecule has 5 rings (SSSR count). The quantitative estimate of drug-likeness (QED) is 0.136. The smallest absolute Gasteiger partial charge is 0.337 e. The van der Waals surface area contributed by atoms with Crippen LogP contribution in [0.2, 0.25) is 0 Å². The van der Waals surface area contributed by atoms with Crippen molar-refractivity contribution in [2.24, 2.45) is 0 Å². The lowest BCUT2D eigenvalue weighted by atomic mass is 9.79. The number of carbonyl (C=O) groups is 2. The molecule has 4 aromatic rings. The third-order valence-electron chi connectivity index (χ3n) is 7.39. The summed E-state index contributed by atoms with van der Waals surface area (Å²) in [7, 11) is 0. The second-order valence-corrected chi connectivity index (χ2v) is 10.6. The zero-order valence-electron chi connectivity index (χ0n) is 25.7. The minimum atomic E-state index is -0.877. The number of ether oxygens (including phenoxy) is 3. The van der Waals surface area contributed by atoms with Gasteiger partial charge in [0.15, 0.2) is 0 Å². The first-order valence-electron chi connectivity index (χ1n) is 14.7. The fourth-order valence-corrected chi connectivity index (χ4v) is 5.26. The Balaban J connectivity index is 1.61. The molecule has 0 amide bonds. The molecule has 0 atom stereocenters. The Labute approximate surface area is 267 Å². The second-order valence-electron chi connectivity index (χ2n) is 10.6. The van der Waals surface area contributed by atoms with Crippen molar-refractivity contribution in [1.29, 1.82) is 0 Å². The first-order valence-corrected chi connectivity index (χ1v) is 14.7. The molecule has 1 aromatic heterocycles. The van der Waals surface area contributed by atoms with Gasteiger partial charge in [0.1, 0.15) is 31.4 Å². The van der Waals surface area contributed by atoms with E-state index in [1.807, 2.05) is 60.8 Å². The van der Waals surface area contributed by atoms with E-state index in [0.29, 0.717) is 28.4 Å². The predicted octanol–water partition coefficient (Wildman–Crippen LogP) is 6.95. The molecule has 3 aromatic carbocycles. The van der Waals surface area contributed by atoms with Crippen molar-refractivity contribution in [3.8, 4) is 22.7 Å². The van der Waals surface area contributed by atoms with E-state index >= 15 is 0 Å². The van der Waals surface area contributed by atoms with E-state index in [1.54, 1.807) is 30.7 Å². The molecule has 0 saturated carbocycles. The standard InChI is InChI=1S/C37H34FN3O5/c1-5-20-44-36(42)32-24(3)39-25(4)33(37(43)45-21-6-2)34(32)31-22-41(29-10-8-7-9-11-29)40-35(31)27-14-18-30(19-15-27)46-23-26-12-16-28(38)17-13-26/h5-19,22,34,39H,1-2,20-21,23H2,3-4H3. The highest BCUT2D eigenvalue weighted by molar-refractivity contribution is 6.00. The van der Waals surface area contributed by atoms with E-state index in [1.165, 1.54) is 24.3 Å². The van der Waals surface area contributed by atoms with E-state index in [9.17, 15) is 14.0 Å². The fraction of sp³-hybridized carbons (Fsp3) is 0.162. The van der Waals surface area contributed by atoms with Crippen LogP contribution in [0.4, 0.5) is 4.39 Å². The average Bonchev–Trinajstić information content (AvgIpc) is 3.51. The summed E-state index contributed by atoms with van der Waals surface area (Å²) >= 11 is 0. The van der Waals surface area contributed by atoms with Crippen molar-refractivity contribution in [3.63, 3.8) is 0 Å². The number of hydrogen-bond donors (Lipinski definition) is 1. The fourth-order valence-electron chi connectivity index (χ4n) is 5.26. The number of nitrogens with one attached hydrogen (secondary N) is 1. The summed E-state index contributed by atoms with van der Waals surface area (Å²) in [5, 5.41) is 8.13. The van der Waals surface area contributed by atoms with Crippen LogP contribution in [0.3, 0.4) is 0 Å². The number of nitrogens with zero attached hydrogens (tertiary/aromatic N) is 2. The minimum Gasteiger partial charge on any atom is -0.489 e. The SMILES string of the molecule is C=CCOC(=O)C1=C(C)NC(C)=C(C(=O)OCC=C)C1c1cn(-c2ccccc2)nc1-c1ccc(OCc2ccc(F)cc2)cc1. The molecule has 8 nitrogen and oxygen atoms in total.